The molecule has 1 aromatic carbocycles. The van der Waals surface area contributed by atoms with Crippen molar-refractivity contribution >= 4 is 16.8 Å². The molecule has 2 aromatic rings. The average molecular weight is 242 g/mol. The van der Waals surface area contributed by atoms with Crippen molar-refractivity contribution in [2.45, 2.75) is 45.6 Å². The van der Waals surface area contributed by atoms with Crippen LogP contribution in [-0.4, -0.2) is 15.3 Å². The first-order chi connectivity index (χ1) is 8.65. The fraction of sp³-hybridized carbons (Fsp3) is 0.467. The zero-order chi connectivity index (χ0) is 12.7. The Labute approximate surface area is 107 Å². The van der Waals surface area contributed by atoms with E-state index in [0.717, 1.165) is 30.3 Å². The SMILES string of the molecule is Cc1cc2ncn(C3CCCC(=O)C3)c2cc1C. The van der Waals surface area contributed by atoms with Crippen molar-refractivity contribution in [3.63, 3.8) is 0 Å². The van der Waals surface area contributed by atoms with Crippen LogP contribution in [0.1, 0.15) is 42.9 Å². The van der Waals surface area contributed by atoms with Crippen LogP contribution in [0, 0.1) is 13.8 Å². The Kier molecular flexibility index (Phi) is 2.69. The predicted molar refractivity (Wildman–Crippen MR) is 71.7 cm³/mol. The van der Waals surface area contributed by atoms with Gasteiger partial charge in [0, 0.05) is 18.9 Å². The number of hydrogen-bond acceptors (Lipinski definition) is 2. The molecule has 1 heterocycles. The third-order valence-corrected chi connectivity index (χ3v) is 4.04. The molecule has 0 aliphatic heterocycles. The smallest absolute Gasteiger partial charge is 0.134 e. The van der Waals surface area contributed by atoms with Crippen LogP contribution < -0.4 is 0 Å². The van der Waals surface area contributed by atoms with E-state index < -0.39 is 0 Å². The van der Waals surface area contributed by atoms with Crippen molar-refractivity contribution in [2.24, 2.45) is 0 Å². The molecule has 3 nitrogen and oxygen atoms in total. The minimum Gasteiger partial charge on any atom is -0.327 e. The summed E-state index contributed by atoms with van der Waals surface area (Å²) in [5.41, 5.74) is 4.76. The third-order valence-electron chi connectivity index (χ3n) is 4.04. The lowest BCUT2D eigenvalue weighted by molar-refractivity contribution is -0.121. The molecule has 0 radical (unpaired) electrons. The van der Waals surface area contributed by atoms with E-state index in [2.05, 4.69) is 35.5 Å². The number of hydrogen-bond donors (Lipinski definition) is 0. The van der Waals surface area contributed by atoms with Crippen molar-refractivity contribution < 1.29 is 4.79 Å². The summed E-state index contributed by atoms with van der Waals surface area (Å²) in [7, 11) is 0. The Balaban J connectivity index is 2.06. The van der Waals surface area contributed by atoms with Crippen LogP contribution in [0.4, 0.5) is 0 Å². The van der Waals surface area contributed by atoms with E-state index in [-0.39, 0.29) is 0 Å². The molecule has 1 fully saturated rings. The molecule has 3 rings (SSSR count). The topological polar surface area (TPSA) is 34.9 Å². The molecule has 0 amide bonds. The highest BCUT2D eigenvalue weighted by Gasteiger charge is 2.22. The highest BCUT2D eigenvalue weighted by atomic mass is 16.1. The largest absolute Gasteiger partial charge is 0.327 e. The van der Waals surface area contributed by atoms with E-state index in [0.29, 0.717) is 18.2 Å². The quantitative estimate of drug-likeness (QED) is 0.768. The van der Waals surface area contributed by atoms with Gasteiger partial charge in [-0.25, -0.2) is 4.98 Å². The number of fused-ring (bicyclic) bond motifs is 1. The number of benzene rings is 1. The second kappa shape index (κ2) is 4.23. The normalized spacial score (nSPS) is 20.6. The first-order valence-corrected chi connectivity index (χ1v) is 6.60. The Morgan fingerprint density at radius 3 is 2.83 bits per heavy atom. The Morgan fingerprint density at radius 2 is 2.06 bits per heavy atom. The van der Waals surface area contributed by atoms with Gasteiger partial charge >= 0.3 is 0 Å². The number of aryl methyl sites for hydroxylation is 2. The fourth-order valence-corrected chi connectivity index (χ4v) is 2.81. The van der Waals surface area contributed by atoms with E-state index >= 15 is 0 Å². The van der Waals surface area contributed by atoms with Gasteiger partial charge in [-0.1, -0.05) is 0 Å². The second-order valence-electron chi connectivity index (χ2n) is 5.37. The molecule has 1 unspecified atom stereocenters. The van der Waals surface area contributed by atoms with Gasteiger partial charge in [0.25, 0.3) is 0 Å². The number of ketones is 1. The molecular weight excluding hydrogens is 224 g/mol. The Bertz CT molecular complexity index is 612. The number of carbonyl (C=O) groups is 1. The lowest BCUT2D eigenvalue weighted by Crippen LogP contribution is -2.18. The van der Waals surface area contributed by atoms with Crippen molar-refractivity contribution in [1.82, 2.24) is 9.55 Å². The Hall–Kier alpha value is -1.64. The standard InChI is InChI=1S/C15H18N2O/c1-10-6-14-15(7-11(10)2)17(9-16-14)12-4-3-5-13(18)8-12/h6-7,9,12H,3-5,8H2,1-2H3. The molecule has 1 aliphatic rings. The number of rotatable bonds is 1. The van der Waals surface area contributed by atoms with Gasteiger partial charge in [0.15, 0.2) is 0 Å². The second-order valence-corrected chi connectivity index (χ2v) is 5.37. The molecule has 1 saturated carbocycles. The van der Waals surface area contributed by atoms with E-state index in [1.165, 1.54) is 11.1 Å². The van der Waals surface area contributed by atoms with Crippen molar-refractivity contribution in [3.8, 4) is 0 Å². The molecule has 0 spiro atoms. The summed E-state index contributed by atoms with van der Waals surface area (Å²) in [6, 6.07) is 4.63. The number of aromatic nitrogens is 2. The van der Waals surface area contributed by atoms with E-state index in [9.17, 15) is 4.79 Å². The number of Topliss-reactive ketones (excluding diaryl/α,β-unsaturated/α-hetero) is 1. The summed E-state index contributed by atoms with van der Waals surface area (Å²) < 4.78 is 2.19. The maximum Gasteiger partial charge on any atom is 0.134 e. The minimum atomic E-state index is 0.304. The van der Waals surface area contributed by atoms with Gasteiger partial charge in [0.1, 0.15) is 5.78 Å². The molecule has 1 aliphatic carbocycles. The lowest BCUT2D eigenvalue weighted by Gasteiger charge is -2.23. The Morgan fingerprint density at radius 1 is 1.28 bits per heavy atom. The fourth-order valence-electron chi connectivity index (χ4n) is 2.81. The molecule has 0 bridgehead atoms. The number of nitrogens with zero attached hydrogens (tertiary/aromatic N) is 2. The van der Waals surface area contributed by atoms with Gasteiger partial charge in [0.05, 0.1) is 17.4 Å². The first kappa shape index (κ1) is 11.5. The van der Waals surface area contributed by atoms with E-state index in [4.69, 9.17) is 0 Å². The predicted octanol–water partition coefficient (Wildman–Crippen LogP) is 3.34. The van der Waals surface area contributed by atoms with Gasteiger partial charge in [-0.05, 0) is 49.9 Å². The molecule has 18 heavy (non-hydrogen) atoms. The summed E-state index contributed by atoms with van der Waals surface area (Å²) >= 11 is 0. The monoisotopic (exact) mass is 242 g/mol. The van der Waals surface area contributed by atoms with Gasteiger partial charge in [-0.2, -0.15) is 0 Å². The highest BCUT2D eigenvalue weighted by Crippen LogP contribution is 2.30. The van der Waals surface area contributed by atoms with Crippen molar-refractivity contribution in [1.29, 1.82) is 0 Å². The van der Waals surface area contributed by atoms with Crippen LogP contribution in [0.5, 0.6) is 0 Å². The maximum atomic E-state index is 11.6. The molecule has 1 atom stereocenters. The molecule has 3 heteroatoms. The number of imidazole rings is 1. The maximum absolute atomic E-state index is 11.6. The van der Waals surface area contributed by atoms with Crippen LogP contribution in [-0.2, 0) is 4.79 Å². The highest BCUT2D eigenvalue weighted by molar-refractivity contribution is 5.81. The van der Waals surface area contributed by atoms with Crippen molar-refractivity contribution in [3.05, 3.63) is 29.6 Å². The van der Waals surface area contributed by atoms with E-state index in [1.807, 2.05) is 6.33 Å². The van der Waals surface area contributed by atoms with Gasteiger partial charge in [-0.3, -0.25) is 4.79 Å². The average Bonchev–Trinajstić information content (AvgIpc) is 2.73. The summed E-state index contributed by atoms with van der Waals surface area (Å²) in [4.78, 5) is 16.1. The van der Waals surface area contributed by atoms with Gasteiger partial charge in [-0.15, -0.1) is 0 Å². The van der Waals surface area contributed by atoms with Crippen LogP contribution >= 0.6 is 0 Å². The molecule has 0 saturated heterocycles. The zero-order valence-corrected chi connectivity index (χ0v) is 10.9. The lowest BCUT2D eigenvalue weighted by atomic mass is 9.94. The van der Waals surface area contributed by atoms with Crippen LogP contribution in [0.15, 0.2) is 18.5 Å². The van der Waals surface area contributed by atoms with Crippen LogP contribution in [0.25, 0.3) is 11.0 Å². The molecule has 94 valence electrons. The summed E-state index contributed by atoms with van der Waals surface area (Å²) in [5.74, 6) is 0.386. The van der Waals surface area contributed by atoms with Crippen LogP contribution in [0.2, 0.25) is 0 Å². The summed E-state index contributed by atoms with van der Waals surface area (Å²) in [5, 5.41) is 0. The van der Waals surface area contributed by atoms with Crippen LogP contribution in [0.3, 0.4) is 0 Å². The number of carbonyl (C=O) groups excluding carboxylic acids is 1. The van der Waals surface area contributed by atoms with Gasteiger partial charge < -0.3 is 4.57 Å². The van der Waals surface area contributed by atoms with Gasteiger partial charge in [0.2, 0.25) is 0 Å². The summed E-state index contributed by atoms with van der Waals surface area (Å²) in [6.45, 7) is 4.23. The van der Waals surface area contributed by atoms with Crippen molar-refractivity contribution in [2.75, 3.05) is 0 Å². The van der Waals surface area contributed by atoms with E-state index in [1.54, 1.807) is 0 Å². The minimum absolute atomic E-state index is 0.304. The molecule has 1 aromatic heterocycles. The first-order valence-electron chi connectivity index (χ1n) is 6.60. The summed E-state index contributed by atoms with van der Waals surface area (Å²) in [6.07, 6.45) is 5.41. The molecular formula is C15H18N2O. The zero-order valence-electron chi connectivity index (χ0n) is 10.9. The third kappa shape index (κ3) is 1.84. The molecule has 0 N–H and O–H groups in total.